The van der Waals surface area contributed by atoms with Gasteiger partial charge in [-0.15, -0.1) is 0 Å². The van der Waals surface area contributed by atoms with Crippen molar-refractivity contribution >= 4 is 23.3 Å². The zero-order chi connectivity index (χ0) is 24.5. The van der Waals surface area contributed by atoms with Gasteiger partial charge in [-0.3, -0.25) is 0 Å². The fourth-order valence-electron chi connectivity index (χ4n) is 3.64. The van der Waals surface area contributed by atoms with Crippen LogP contribution in [0.5, 0.6) is 0 Å². The lowest BCUT2D eigenvalue weighted by atomic mass is 10.0. The van der Waals surface area contributed by atoms with Gasteiger partial charge in [0.1, 0.15) is 5.69 Å². The van der Waals surface area contributed by atoms with Crippen LogP contribution in [0.1, 0.15) is 47.5 Å². The molecule has 0 spiro atoms. The lowest BCUT2D eigenvalue weighted by Crippen LogP contribution is -2.56. The number of hydrogen-bond acceptors (Lipinski definition) is 7. The first-order chi connectivity index (χ1) is 16.1. The Morgan fingerprint density at radius 1 is 1.29 bits per heavy atom. The summed E-state index contributed by atoms with van der Waals surface area (Å²) < 4.78 is 31.1. The molecule has 1 aliphatic heterocycles. The highest BCUT2D eigenvalue weighted by molar-refractivity contribution is 6.30. The topological polar surface area (TPSA) is 118 Å². The van der Waals surface area contributed by atoms with Gasteiger partial charge in [0.15, 0.2) is 5.82 Å². The van der Waals surface area contributed by atoms with Gasteiger partial charge in [0.25, 0.3) is 5.92 Å². The number of carboxylic acid groups (broad SMARTS) is 1. The highest BCUT2D eigenvalue weighted by Crippen LogP contribution is 2.38. The first-order valence-corrected chi connectivity index (χ1v) is 11.2. The highest BCUT2D eigenvalue weighted by Gasteiger charge is 2.44. The standard InChI is InChI=1S/C15H11ClF2N2O2.C8H13N3O/c16-10-3-1-2-9(6-10)13-12(20-7-15(17,18)8-20)5-4-11(19-13)14(21)22;1-5-10-8(11-12-5)7(9)4-6-2-3-6/h1-6H,7-8H2,(H,21,22);6-7H,2-4,9H2,1H3/t;7-/m.0/s1. The maximum atomic E-state index is 13.1. The normalized spacial score (nSPS) is 17.4. The van der Waals surface area contributed by atoms with Gasteiger partial charge in [0, 0.05) is 17.5 Å². The molecule has 1 saturated heterocycles. The minimum atomic E-state index is -2.73. The van der Waals surface area contributed by atoms with Crippen LogP contribution in [0.3, 0.4) is 0 Å². The summed E-state index contributed by atoms with van der Waals surface area (Å²) in [7, 11) is 0. The number of nitrogens with zero attached hydrogens (tertiary/aromatic N) is 4. The predicted molar refractivity (Wildman–Crippen MR) is 122 cm³/mol. The molecule has 0 unspecified atom stereocenters. The maximum Gasteiger partial charge on any atom is 0.354 e. The second kappa shape index (κ2) is 9.63. The molecule has 0 amide bonds. The second-order valence-corrected chi connectivity index (χ2v) is 8.99. The number of nitrogens with two attached hydrogens (primary N) is 1. The third-order valence-electron chi connectivity index (χ3n) is 5.54. The summed E-state index contributed by atoms with van der Waals surface area (Å²) in [6, 6.07) is 9.47. The number of pyridine rings is 1. The van der Waals surface area contributed by atoms with Gasteiger partial charge in [-0.2, -0.15) is 4.98 Å². The van der Waals surface area contributed by atoms with Crippen LogP contribution in [-0.2, 0) is 0 Å². The SMILES string of the molecule is Cc1nc([C@@H](N)CC2CC2)no1.O=C(O)c1ccc(N2CC(F)(F)C2)c(-c2cccc(Cl)c2)n1. The number of halogens is 3. The van der Waals surface area contributed by atoms with E-state index in [4.69, 9.17) is 27.0 Å². The van der Waals surface area contributed by atoms with Crippen molar-refractivity contribution < 1.29 is 23.2 Å². The van der Waals surface area contributed by atoms with Crippen LogP contribution in [-0.4, -0.2) is 45.2 Å². The summed E-state index contributed by atoms with van der Waals surface area (Å²) in [6.45, 7) is 0.962. The Bertz CT molecular complexity index is 1180. The van der Waals surface area contributed by atoms with Gasteiger partial charge in [-0.1, -0.05) is 41.7 Å². The summed E-state index contributed by atoms with van der Waals surface area (Å²) in [5, 5.41) is 13.3. The van der Waals surface area contributed by atoms with Crippen molar-refractivity contribution in [2.24, 2.45) is 11.7 Å². The Balaban J connectivity index is 0.000000192. The number of hydrogen-bond donors (Lipinski definition) is 2. The average molecular weight is 492 g/mol. The van der Waals surface area contributed by atoms with Crippen molar-refractivity contribution in [2.75, 3.05) is 18.0 Å². The molecule has 180 valence electrons. The number of anilines is 1. The molecule has 1 aliphatic carbocycles. The van der Waals surface area contributed by atoms with E-state index in [-0.39, 0.29) is 11.7 Å². The van der Waals surface area contributed by atoms with E-state index in [1.807, 2.05) is 0 Å². The van der Waals surface area contributed by atoms with E-state index in [9.17, 15) is 13.6 Å². The Kier molecular flexibility index (Phi) is 6.81. The zero-order valence-electron chi connectivity index (χ0n) is 18.4. The van der Waals surface area contributed by atoms with E-state index in [0.29, 0.717) is 33.7 Å². The minimum absolute atomic E-state index is 0.0325. The first-order valence-electron chi connectivity index (χ1n) is 10.8. The maximum absolute atomic E-state index is 13.1. The molecule has 1 saturated carbocycles. The Hall–Kier alpha value is -3.11. The number of alkyl halides is 2. The summed E-state index contributed by atoms with van der Waals surface area (Å²) in [5.74, 6) is -1.85. The number of carbonyl (C=O) groups is 1. The second-order valence-electron chi connectivity index (χ2n) is 8.55. The van der Waals surface area contributed by atoms with Gasteiger partial charge in [0.2, 0.25) is 5.89 Å². The van der Waals surface area contributed by atoms with Crippen LogP contribution in [0.2, 0.25) is 5.02 Å². The molecule has 0 radical (unpaired) electrons. The van der Waals surface area contributed by atoms with Crippen LogP contribution in [0, 0.1) is 12.8 Å². The molecule has 2 aliphatic rings. The number of benzene rings is 1. The van der Waals surface area contributed by atoms with E-state index in [1.54, 1.807) is 31.2 Å². The number of aryl methyl sites for hydroxylation is 1. The quantitative estimate of drug-likeness (QED) is 0.508. The van der Waals surface area contributed by atoms with E-state index in [2.05, 4.69) is 15.1 Å². The van der Waals surface area contributed by atoms with Crippen LogP contribution in [0.15, 0.2) is 40.9 Å². The summed E-state index contributed by atoms with van der Waals surface area (Å²) in [4.78, 5) is 20.7. The van der Waals surface area contributed by atoms with Crippen molar-refractivity contribution in [1.29, 1.82) is 0 Å². The third-order valence-corrected chi connectivity index (χ3v) is 5.77. The molecule has 8 nitrogen and oxygen atoms in total. The molecule has 1 aromatic carbocycles. The van der Waals surface area contributed by atoms with Crippen LogP contribution in [0.25, 0.3) is 11.3 Å². The number of rotatable bonds is 6. The number of carboxylic acids is 1. The van der Waals surface area contributed by atoms with E-state index >= 15 is 0 Å². The molecule has 34 heavy (non-hydrogen) atoms. The largest absolute Gasteiger partial charge is 0.477 e. The molecule has 2 fully saturated rings. The summed E-state index contributed by atoms with van der Waals surface area (Å²) in [5.41, 5.74) is 7.10. The molecular weight excluding hydrogens is 468 g/mol. The Morgan fingerprint density at radius 2 is 2.03 bits per heavy atom. The summed E-state index contributed by atoms with van der Waals surface area (Å²) in [6.07, 6.45) is 3.62. The monoisotopic (exact) mass is 491 g/mol. The zero-order valence-corrected chi connectivity index (χ0v) is 19.2. The van der Waals surface area contributed by atoms with Crippen molar-refractivity contribution in [2.45, 2.75) is 38.2 Å². The fourth-order valence-corrected chi connectivity index (χ4v) is 3.83. The lowest BCUT2D eigenvalue weighted by Gasteiger charge is -2.41. The fraction of sp³-hybridized carbons (Fsp3) is 0.391. The Labute approximate surface area is 199 Å². The van der Waals surface area contributed by atoms with E-state index in [1.165, 1.54) is 29.9 Å². The van der Waals surface area contributed by atoms with Gasteiger partial charge in [0.05, 0.1) is 30.5 Å². The smallest absolute Gasteiger partial charge is 0.354 e. The van der Waals surface area contributed by atoms with Crippen LogP contribution in [0.4, 0.5) is 14.5 Å². The van der Waals surface area contributed by atoms with Crippen molar-refractivity contribution in [1.82, 2.24) is 15.1 Å². The molecule has 3 aromatic rings. The van der Waals surface area contributed by atoms with Crippen LogP contribution >= 0.6 is 11.6 Å². The Morgan fingerprint density at radius 3 is 2.59 bits per heavy atom. The highest BCUT2D eigenvalue weighted by atomic mass is 35.5. The first kappa shape index (κ1) is 24.0. The summed E-state index contributed by atoms with van der Waals surface area (Å²) >= 11 is 5.94. The molecule has 3 N–H and O–H groups in total. The van der Waals surface area contributed by atoms with Crippen molar-refractivity contribution in [3.8, 4) is 11.3 Å². The van der Waals surface area contributed by atoms with Gasteiger partial charge in [-0.05, 0) is 36.6 Å². The lowest BCUT2D eigenvalue weighted by molar-refractivity contribution is -0.0262. The van der Waals surface area contributed by atoms with Gasteiger partial charge in [-0.25, -0.2) is 18.6 Å². The molecule has 0 bridgehead atoms. The van der Waals surface area contributed by atoms with Crippen molar-refractivity contribution in [3.05, 3.63) is 58.8 Å². The molecule has 3 heterocycles. The number of aromatic carboxylic acids is 1. The molecule has 2 aromatic heterocycles. The van der Waals surface area contributed by atoms with Crippen molar-refractivity contribution in [3.63, 3.8) is 0 Å². The molecule has 1 atom stereocenters. The predicted octanol–water partition coefficient (Wildman–Crippen LogP) is 4.73. The number of aromatic nitrogens is 3. The average Bonchev–Trinajstić information content (AvgIpc) is 3.48. The molecule has 11 heteroatoms. The van der Waals surface area contributed by atoms with Gasteiger partial charge < -0.3 is 20.3 Å². The van der Waals surface area contributed by atoms with Crippen LogP contribution < -0.4 is 10.6 Å². The third kappa shape index (κ3) is 5.87. The minimum Gasteiger partial charge on any atom is -0.477 e. The van der Waals surface area contributed by atoms with E-state index < -0.39 is 25.0 Å². The van der Waals surface area contributed by atoms with E-state index in [0.717, 1.165) is 12.3 Å². The molecule has 5 rings (SSSR count). The molecular formula is C23H24ClF2N5O3. The van der Waals surface area contributed by atoms with Gasteiger partial charge >= 0.3 is 5.97 Å².